The first-order valence-corrected chi connectivity index (χ1v) is 9.13. The van der Waals surface area contributed by atoms with Crippen molar-refractivity contribution in [3.63, 3.8) is 0 Å². The zero-order valence-corrected chi connectivity index (χ0v) is 15.4. The Hall–Kier alpha value is -3.53. The van der Waals surface area contributed by atoms with E-state index >= 15 is 0 Å². The van der Waals surface area contributed by atoms with Crippen molar-refractivity contribution < 1.29 is 17.9 Å². The maximum absolute atomic E-state index is 14.5. The summed E-state index contributed by atoms with van der Waals surface area (Å²) in [5.74, 6) is -2.05. The SMILES string of the molecule is Fc1cc(-c2ccc(-c3cccc(F)c3F)cc2)ccc1OCc1ccccc1. The van der Waals surface area contributed by atoms with E-state index in [0.717, 1.165) is 17.2 Å². The molecule has 1 nitrogen and oxygen atoms in total. The second-order valence-corrected chi connectivity index (χ2v) is 6.60. The Morgan fingerprint density at radius 1 is 0.586 bits per heavy atom. The van der Waals surface area contributed by atoms with Crippen LogP contribution in [0.25, 0.3) is 22.3 Å². The smallest absolute Gasteiger partial charge is 0.166 e. The third kappa shape index (κ3) is 4.16. The van der Waals surface area contributed by atoms with Crippen molar-refractivity contribution in [3.05, 3.63) is 114 Å². The second-order valence-electron chi connectivity index (χ2n) is 6.60. The molecule has 0 aromatic heterocycles. The van der Waals surface area contributed by atoms with Crippen LogP contribution >= 0.6 is 0 Å². The Balaban J connectivity index is 1.53. The molecule has 4 aromatic carbocycles. The summed E-state index contributed by atoms with van der Waals surface area (Å²) in [6, 6.07) is 25.2. The Bertz CT molecular complexity index is 1120. The summed E-state index contributed by atoms with van der Waals surface area (Å²) in [6.07, 6.45) is 0. The van der Waals surface area contributed by atoms with Gasteiger partial charge in [-0.2, -0.15) is 0 Å². The molecule has 4 aromatic rings. The lowest BCUT2D eigenvalue weighted by atomic mass is 10.00. The molecule has 0 unspecified atom stereocenters. The fraction of sp³-hybridized carbons (Fsp3) is 0.0400. The molecule has 0 bridgehead atoms. The molecule has 0 amide bonds. The maximum atomic E-state index is 14.5. The summed E-state index contributed by atoms with van der Waals surface area (Å²) >= 11 is 0. The Kier molecular flexibility index (Phi) is 5.34. The van der Waals surface area contributed by atoms with Gasteiger partial charge >= 0.3 is 0 Å². The van der Waals surface area contributed by atoms with E-state index in [1.54, 1.807) is 36.4 Å². The molecule has 0 aliphatic carbocycles. The molecule has 0 aliphatic heterocycles. The van der Waals surface area contributed by atoms with Crippen molar-refractivity contribution in [3.8, 4) is 28.0 Å². The molecule has 0 radical (unpaired) electrons. The zero-order valence-electron chi connectivity index (χ0n) is 15.4. The summed E-state index contributed by atoms with van der Waals surface area (Å²) < 4.78 is 47.4. The van der Waals surface area contributed by atoms with Crippen LogP contribution in [0.2, 0.25) is 0 Å². The number of rotatable bonds is 5. The first-order valence-electron chi connectivity index (χ1n) is 9.13. The molecule has 4 rings (SSSR count). The van der Waals surface area contributed by atoms with E-state index in [0.29, 0.717) is 11.1 Å². The van der Waals surface area contributed by atoms with Crippen molar-refractivity contribution in [2.75, 3.05) is 0 Å². The Morgan fingerprint density at radius 3 is 2.00 bits per heavy atom. The minimum Gasteiger partial charge on any atom is -0.486 e. The summed E-state index contributed by atoms with van der Waals surface area (Å²) in [7, 11) is 0. The van der Waals surface area contributed by atoms with E-state index in [9.17, 15) is 13.2 Å². The normalized spacial score (nSPS) is 10.7. The van der Waals surface area contributed by atoms with E-state index in [1.165, 1.54) is 18.2 Å². The molecule has 0 heterocycles. The van der Waals surface area contributed by atoms with Crippen LogP contribution in [-0.2, 0) is 6.61 Å². The highest BCUT2D eigenvalue weighted by Gasteiger charge is 2.11. The van der Waals surface area contributed by atoms with Crippen molar-refractivity contribution >= 4 is 0 Å². The number of benzene rings is 4. The van der Waals surface area contributed by atoms with Gasteiger partial charge in [0.2, 0.25) is 0 Å². The monoisotopic (exact) mass is 390 g/mol. The number of ether oxygens (including phenoxy) is 1. The van der Waals surface area contributed by atoms with Gasteiger partial charge in [-0.3, -0.25) is 0 Å². The van der Waals surface area contributed by atoms with Gasteiger partial charge < -0.3 is 4.74 Å². The molecule has 4 heteroatoms. The molecular formula is C25H17F3O. The van der Waals surface area contributed by atoms with E-state index in [1.807, 2.05) is 30.3 Å². The molecule has 0 saturated heterocycles. The second kappa shape index (κ2) is 8.23. The van der Waals surface area contributed by atoms with Crippen LogP contribution in [-0.4, -0.2) is 0 Å². The summed E-state index contributed by atoms with van der Waals surface area (Å²) in [4.78, 5) is 0. The van der Waals surface area contributed by atoms with Gasteiger partial charge in [0.05, 0.1) is 0 Å². The molecule has 0 atom stereocenters. The van der Waals surface area contributed by atoms with Crippen LogP contribution in [0.3, 0.4) is 0 Å². The topological polar surface area (TPSA) is 9.23 Å². The summed E-state index contributed by atoms with van der Waals surface area (Å²) in [5, 5.41) is 0. The summed E-state index contributed by atoms with van der Waals surface area (Å²) in [5.41, 5.74) is 3.12. The lowest BCUT2D eigenvalue weighted by Gasteiger charge is -2.10. The molecule has 0 aliphatic rings. The fourth-order valence-electron chi connectivity index (χ4n) is 3.10. The van der Waals surface area contributed by atoms with E-state index in [2.05, 4.69) is 0 Å². The van der Waals surface area contributed by atoms with Crippen molar-refractivity contribution in [1.82, 2.24) is 0 Å². The van der Waals surface area contributed by atoms with Crippen LogP contribution in [0.15, 0.2) is 91.0 Å². The predicted octanol–water partition coefficient (Wildman–Crippen LogP) is 7.02. The molecule has 0 spiro atoms. The van der Waals surface area contributed by atoms with Gasteiger partial charge in [-0.05, 0) is 40.5 Å². The van der Waals surface area contributed by atoms with Crippen LogP contribution in [0.5, 0.6) is 5.75 Å². The first kappa shape index (κ1) is 18.8. The van der Waals surface area contributed by atoms with Gasteiger partial charge in [0.15, 0.2) is 23.2 Å². The van der Waals surface area contributed by atoms with Gasteiger partial charge in [0, 0.05) is 5.56 Å². The third-order valence-electron chi connectivity index (χ3n) is 4.65. The summed E-state index contributed by atoms with van der Waals surface area (Å²) in [6.45, 7) is 0.283. The minimum atomic E-state index is -0.889. The molecule has 0 fully saturated rings. The molecular weight excluding hydrogens is 373 g/mol. The van der Waals surface area contributed by atoms with Crippen molar-refractivity contribution in [1.29, 1.82) is 0 Å². The Morgan fingerprint density at radius 2 is 1.28 bits per heavy atom. The molecule has 29 heavy (non-hydrogen) atoms. The molecule has 144 valence electrons. The van der Waals surface area contributed by atoms with Gasteiger partial charge in [0.25, 0.3) is 0 Å². The quantitative estimate of drug-likeness (QED) is 0.356. The number of hydrogen-bond acceptors (Lipinski definition) is 1. The first-order chi connectivity index (χ1) is 14.1. The molecule has 0 N–H and O–H groups in total. The lowest BCUT2D eigenvalue weighted by Crippen LogP contribution is -1.97. The van der Waals surface area contributed by atoms with E-state index in [4.69, 9.17) is 4.74 Å². The minimum absolute atomic E-state index is 0.177. The van der Waals surface area contributed by atoms with Gasteiger partial charge in [-0.15, -0.1) is 0 Å². The van der Waals surface area contributed by atoms with E-state index < -0.39 is 17.5 Å². The maximum Gasteiger partial charge on any atom is 0.166 e. The largest absolute Gasteiger partial charge is 0.486 e. The van der Waals surface area contributed by atoms with Crippen LogP contribution in [0.1, 0.15) is 5.56 Å². The average molecular weight is 390 g/mol. The highest BCUT2D eigenvalue weighted by atomic mass is 19.2. The highest BCUT2D eigenvalue weighted by Crippen LogP contribution is 2.30. The lowest BCUT2D eigenvalue weighted by molar-refractivity contribution is 0.290. The fourth-order valence-corrected chi connectivity index (χ4v) is 3.10. The zero-order chi connectivity index (χ0) is 20.2. The van der Waals surface area contributed by atoms with Crippen LogP contribution in [0, 0.1) is 17.5 Å². The number of halogens is 3. The van der Waals surface area contributed by atoms with Gasteiger partial charge in [-0.25, -0.2) is 13.2 Å². The van der Waals surface area contributed by atoms with Crippen molar-refractivity contribution in [2.24, 2.45) is 0 Å². The average Bonchev–Trinajstić information content (AvgIpc) is 2.76. The standard InChI is InChI=1S/C25H17F3O/c26-22-8-4-7-21(25(22)28)19-11-9-18(10-12-19)20-13-14-24(23(27)15-20)29-16-17-5-2-1-3-6-17/h1-15H,16H2. The highest BCUT2D eigenvalue weighted by molar-refractivity contribution is 5.71. The van der Waals surface area contributed by atoms with Gasteiger partial charge in [0.1, 0.15) is 6.61 Å². The van der Waals surface area contributed by atoms with Crippen LogP contribution in [0.4, 0.5) is 13.2 Å². The molecule has 0 saturated carbocycles. The number of hydrogen-bond donors (Lipinski definition) is 0. The van der Waals surface area contributed by atoms with Crippen molar-refractivity contribution in [2.45, 2.75) is 6.61 Å². The van der Waals surface area contributed by atoms with Gasteiger partial charge in [-0.1, -0.05) is 72.8 Å². The third-order valence-corrected chi connectivity index (χ3v) is 4.65. The van der Waals surface area contributed by atoms with E-state index in [-0.39, 0.29) is 17.9 Å². The Labute approximate surface area is 167 Å². The predicted molar refractivity (Wildman–Crippen MR) is 108 cm³/mol. The van der Waals surface area contributed by atoms with Crippen LogP contribution < -0.4 is 4.74 Å².